The number of hydrogen-bond donors (Lipinski definition) is 0. The molecule has 2 rings (SSSR count). The zero-order chi connectivity index (χ0) is 9.15. The average Bonchev–Trinajstić information content (AvgIpc) is 2.69. The van der Waals surface area contributed by atoms with Gasteiger partial charge in [0.05, 0.1) is 13.1 Å². The number of para-hydroxylation sites is 1. The minimum atomic E-state index is 0.918. The molecule has 0 fully saturated rings. The number of nitrogens with zero attached hydrogens (tertiary/aromatic N) is 2. The van der Waals surface area contributed by atoms with Crippen molar-refractivity contribution < 1.29 is 0 Å². The van der Waals surface area contributed by atoms with Crippen LogP contribution in [0.2, 0.25) is 0 Å². The molecule has 0 radical (unpaired) electrons. The Morgan fingerprint density at radius 1 is 1.31 bits per heavy atom. The number of hydrogen-bond acceptors (Lipinski definition) is 1. The third-order valence-electron chi connectivity index (χ3n) is 2.77. The maximum Gasteiger partial charge on any atom is 0.190 e. The summed E-state index contributed by atoms with van der Waals surface area (Å²) in [6.07, 6.45) is 2.08. The molecule has 0 saturated heterocycles. The van der Waals surface area contributed by atoms with Gasteiger partial charge in [-0.05, 0) is 19.1 Å². The molecular weight excluding hydrogens is 160 g/mol. The molecule has 2 heteroatoms. The van der Waals surface area contributed by atoms with E-state index in [-0.39, 0.29) is 0 Å². The minimum absolute atomic E-state index is 0.918. The van der Waals surface area contributed by atoms with Crippen LogP contribution in [-0.2, 0) is 0 Å². The van der Waals surface area contributed by atoms with Gasteiger partial charge >= 0.3 is 0 Å². The summed E-state index contributed by atoms with van der Waals surface area (Å²) < 4.78 is 0.918. The summed E-state index contributed by atoms with van der Waals surface area (Å²) >= 11 is 0. The van der Waals surface area contributed by atoms with Gasteiger partial charge in [0.15, 0.2) is 6.34 Å². The predicted octanol–water partition coefficient (Wildman–Crippen LogP) is 2.06. The van der Waals surface area contributed by atoms with Gasteiger partial charge in [-0.3, -0.25) is 0 Å². The van der Waals surface area contributed by atoms with Gasteiger partial charge in [0.2, 0.25) is 0 Å². The molecule has 0 aromatic heterocycles. The van der Waals surface area contributed by atoms with Crippen molar-refractivity contribution in [2.45, 2.75) is 6.92 Å². The molecule has 1 heterocycles. The Labute approximate surface area is 79.1 Å². The summed E-state index contributed by atoms with van der Waals surface area (Å²) in [5, 5.41) is 0. The predicted molar refractivity (Wildman–Crippen MR) is 57.0 cm³/mol. The van der Waals surface area contributed by atoms with Crippen molar-refractivity contribution >= 4 is 12.0 Å². The van der Waals surface area contributed by atoms with Gasteiger partial charge in [0.25, 0.3) is 0 Å². The molecule has 68 valence electrons. The summed E-state index contributed by atoms with van der Waals surface area (Å²) in [6.45, 7) is 5.38. The van der Waals surface area contributed by atoms with Crippen molar-refractivity contribution in [3.63, 3.8) is 0 Å². The van der Waals surface area contributed by atoms with E-state index in [1.54, 1.807) is 0 Å². The molecule has 1 atom stereocenters. The van der Waals surface area contributed by atoms with Crippen LogP contribution in [0.4, 0.5) is 5.69 Å². The topological polar surface area (TPSA) is 12.4 Å². The quantitative estimate of drug-likeness (QED) is 0.610. The van der Waals surface area contributed by atoms with Crippen LogP contribution in [0.25, 0.3) is 0 Å². The van der Waals surface area contributed by atoms with Crippen molar-refractivity contribution in [2.75, 3.05) is 19.6 Å². The molecule has 1 aliphatic heterocycles. The first-order chi connectivity index (χ1) is 6.37. The monoisotopic (exact) mass is 175 g/mol. The van der Waals surface area contributed by atoms with Crippen molar-refractivity contribution in [2.24, 2.45) is 4.99 Å². The Hall–Kier alpha value is -1.15. The minimum Gasteiger partial charge on any atom is -0.248 e. The zero-order valence-electron chi connectivity index (χ0n) is 7.98. The average molecular weight is 175 g/mol. The van der Waals surface area contributed by atoms with Crippen LogP contribution in [0.5, 0.6) is 0 Å². The number of likely N-dealkylation sites (N-methyl/N-ethyl adjacent to an activating group) is 1. The molecule has 0 spiro atoms. The molecule has 2 nitrogen and oxygen atoms in total. The third kappa shape index (κ3) is 1.38. The van der Waals surface area contributed by atoms with Gasteiger partial charge in [0.1, 0.15) is 12.2 Å². The van der Waals surface area contributed by atoms with Crippen molar-refractivity contribution in [3.05, 3.63) is 30.3 Å². The molecule has 1 aliphatic rings. The van der Waals surface area contributed by atoms with Crippen LogP contribution in [0, 0.1) is 0 Å². The van der Waals surface area contributed by atoms with E-state index in [0.29, 0.717) is 0 Å². The molecule has 13 heavy (non-hydrogen) atoms. The molecule has 1 aromatic rings. The van der Waals surface area contributed by atoms with Crippen molar-refractivity contribution in [3.8, 4) is 0 Å². The molecular formula is C11H15N2+. The fourth-order valence-corrected chi connectivity index (χ4v) is 1.85. The molecule has 0 N–H and O–H groups in total. The van der Waals surface area contributed by atoms with Gasteiger partial charge in [-0.2, -0.15) is 0 Å². The maximum absolute atomic E-state index is 4.33. The lowest BCUT2D eigenvalue weighted by molar-refractivity contribution is 0.478. The van der Waals surface area contributed by atoms with E-state index in [2.05, 4.69) is 48.6 Å². The van der Waals surface area contributed by atoms with Gasteiger partial charge in [0, 0.05) is 0 Å². The molecule has 0 saturated carbocycles. The van der Waals surface area contributed by atoms with E-state index in [0.717, 1.165) is 24.1 Å². The highest BCUT2D eigenvalue weighted by Gasteiger charge is 2.29. The van der Waals surface area contributed by atoms with Gasteiger partial charge in [-0.25, -0.2) is 9.48 Å². The Balaban J connectivity index is 2.37. The Morgan fingerprint density at radius 2 is 2.08 bits per heavy atom. The van der Waals surface area contributed by atoms with Gasteiger partial charge in [-0.1, -0.05) is 18.2 Å². The summed E-state index contributed by atoms with van der Waals surface area (Å²) in [6, 6.07) is 10.6. The normalized spacial score (nSPS) is 26.5. The highest BCUT2D eigenvalue weighted by atomic mass is 15.4. The van der Waals surface area contributed by atoms with Crippen molar-refractivity contribution in [1.29, 1.82) is 0 Å². The first-order valence-electron chi connectivity index (χ1n) is 4.81. The SMILES string of the molecule is CC[N+]1(c2ccccc2)C=NCC1. The fourth-order valence-electron chi connectivity index (χ4n) is 1.85. The van der Waals surface area contributed by atoms with Crippen LogP contribution in [0.1, 0.15) is 6.92 Å². The lowest BCUT2D eigenvalue weighted by Crippen LogP contribution is -2.46. The summed E-state index contributed by atoms with van der Waals surface area (Å²) in [7, 11) is 0. The fraction of sp³-hybridized carbons (Fsp3) is 0.364. The maximum atomic E-state index is 4.33. The molecule has 0 aliphatic carbocycles. The second kappa shape index (κ2) is 3.30. The smallest absolute Gasteiger partial charge is 0.190 e. The van der Waals surface area contributed by atoms with Gasteiger partial charge in [-0.15, -0.1) is 0 Å². The van der Waals surface area contributed by atoms with Crippen LogP contribution in [0.15, 0.2) is 35.3 Å². The molecule has 0 amide bonds. The second-order valence-electron chi connectivity index (χ2n) is 3.43. The molecule has 1 aromatic carbocycles. The largest absolute Gasteiger partial charge is 0.248 e. The summed E-state index contributed by atoms with van der Waals surface area (Å²) in [5.74, 6) is 0. The van der Waals surface area contributed by atoms with Crippen LogP contribution < -0.4 is 4.48 Å². The molecule has 0 bridgehead atoms. The Kier molecular flexibility index (Phi) is 2.15. The van der Waals surface area contributed by atoms with E-state index in [1.165, 1.54) is 5.69 Å². The molecule has 1 unspecified atom stereocenters. The Morgan fingerprint density at radius 3 is 2.62 bits per heavy atom. The second-order valence-corrected chi connectivity index (χ2v) is 3.43. The van der Waals surface area contributed by atoms with E-state index < -0.39 is 0 Å². The third-order valence-corrected chi connectivity index (χ3v) is 2.77. The number of quaternary nitrogens is 1. The summed E-state index contributed by atoms with van der Waals surface area (Å²) in [4.78, 5) is 4.33. The van der Waals surface area contributed by atoms with E-state index in [9.17, 15) is 0 Å². The van der Waals surface area contributed by atoms with E-state index in [1.807, 2.05) is 0 Å². The number of aliphatic imine (C=N–C) groups is 1. The van der Waals surface area contributed by atoms with Crippen LogP contribution in [0.3, 0.4) is 0 Å². The first kappa shape index (κ1) is 8.45. The highest BCUT2D eigenvalue weighted by Crippen LogP contribution is 2.22. The number of rotatable bonds is 2. The highest BCUT2D eigenvalue weighted by molar-refractivity contribution is 5.75. The van der Waals surface area contributed by atoms with Crippen LogP contribution >= 0.6 is 0 Å². The van der Waals surface area contributed by atoms with Crippen LogP contribution in [-0.4, -0.2) is 26.0 Å². The van der Waals surface area contributed by atoms with E-state index >= 15 is 0 Å². The first-order valence-corrected chi connectivity index (χ1v) is 4.81. The van der Waals surface area contributed by atoms with Gasteiger partial charge < -0.3 is 0 Å². The lowest BCUT2D eigenvalue weighted by atomic mass is 10.2. The van der Waals surface area contributed by atoms with Crippen molar-refractivity contribution in [1.82, 2.24) is 4.48 Å². The zero-order valence-corrected chi connectivity index (χ0v) is 7.98. The summed E-state index contributed by atoms with van der Waals surface area (Å²) in [5.41, 5.74) is 1.35. The Bertz CT molecular complexity index is 305. The van der Waals surface area contributed by atoms with E-state index in [4.69, 9.17) is 0 Å². The number of benzene rings is 1. The standard InChI is InChI=1S/C11H15N2/c1-2-13(9-8-12-10-13)11-6-4-3-5-7-11/h3-7,10H,2,8-9H2,1H3/q+1. The lowest BCUT2D eigenvalue weighted by Gasteiger charge is -2.27.